The number of Topliss-reactive ketones (excluding diaryl/α,β-unsaturated/α-hetero) is 1. The first-order valence-corrected chi connectivity index (χ1v) is 4.95. The maximum Gasteiger partial charge on any atom is 0.133 e. The van der Waals surface area contributed by atoms with E-state index in [1.165, 1.54) is 25.7 Å². The molecular weight excluding hydrogens is 148 g/mol. The quantitative estimate of drug-likeness (QED) is 0.573. The Morgan fingerprint density at radius 1 is 1.42 bits per heavy atom. The van der Waals surface area contributed by atoms with Crippen LogP contribution >= 0.6 is 0 Å². The van der Waals surface area contributed by atoms with Gasteiger partial charge in [-0.05, 0) is 12.3 Å². The van der Waals surface area contributed by atoms with E-state index in [1.54, 1.807) is 0 Å². The van der Waals surface area contributed by atoms with Gasteiger partial charge in [-0.3, -0.25) is 4.79 Å². The monoisotopic (exact) mass is 166 g/mol. The lowest BCUT2D eigenvalue weighted by Gasteiger charge is -2.05. The highest BCUT2D eigenvalue weighted by atomic mass is 16.1. The zero-order valence-electron chi connectivity index (χ0n) is 7.72. The van der Waals surface area contributed by atoms with E-state index in [4.69, 9.17) is 0 Å². The molecule has 1 fully saturated rings. The minimum atomic E-state index is 0.432. The summed E-state index contributed by atoms with van der Waals surface area (Å²) in [4.78, 5) is 11.3. The third-order valence-electron chi connectivity index (χ3n) is 2.62. The summed E-state index contributed by atoms with van der Waals surface area (Å²) < 4.78 is 0. The van der Waals surface area contributed by atoms with Crippen molar-refractivity contribution < 1.29 is 4.79 Å². The molecule has 1 aliphatic rings. The van der Waals surface area contributed by atoms with Gasteiger partial charge in [-0.1, -0.05) is 31.8 Å². The number of ketones is 1. The third kappa shape index (κ3) is 3.21. The van der Waals surface area contributed by atoms with Crippen LogP contribution in [-0.4, -0.2) is 5.78 Å². The molecule has 0 N–H and O–H groups in total. The summed E-state index contributed by atoms with van der Waals surface area (Å²) in [5.74, 6) is 1.14. The van der Waals surface area contributed by atoms with E-state index in [0.717, 1.165) is 12.8 Å². The predicted molar refractivity (Wildman–Crippen MR) is 51.0 cm³/mol. The Labute approximate surface area is 74.9 Å². The van der Waals surface area contributed by atoms with Crippen LogP contribution in [0, 0.1) is 5.92 Å². The van der Waals surface area contributed by atoms with Gasteiger partial charge in [0, 0.05) is 12.8 Å². The first-order chi connectivity index (χ1) is 5.83. The van der Waals surface area contributed by atoms with Gasteiger partial charge in [0.05, 0.1) is 0 Å². The van der Waals surface area contributed by atoms with E-state index < -0.39 is 0 Å². The van der Waals surface area contributed by atoms with Gasteiger partial charge in [-0.2, -0.15) is 0 Å². The molecule has 1 saturated carbocycles. The summed E-state index contributed by atoms with van der Waals surface area (Å²) in [7, 11) is 0. The van der Waals surface area contributed by atoms with Crippen LogP contribution in [0.3, 0.4) is 0 Å². The second kappa shape index (κ2) is 5.13. The Morgan fingerprint density at radius 2 is 2.08 bits per heavy atom. The average molecular weight is 166 g/mol. The van der Waals surface area contributed by atoms with E-state index in [1.807, 2.05) is 6.08 Å². The van der Waals surface area contributed by atoms with E-state index in [9.17, 15) is 4.79 Å². The molecule has 1 nitrogen and oxygen atoms in total. The molecular formula is C11H18O. The molecule has 1 aliphatic carbocycles. The Hall–Kier alpha value is -0.590. The molecule has 0 aromatic heterocycles. The van der Waals surface area contributed by atoms with Crippen LogP contribution in [0.1, 0.15) is 44.9 Å². The summed E-state index contributed by atoms with van der Waals surface area (Å²) in [5.41, 5.74) is 0. The van der Waals surface area contributed by atoms with Crippen LogP contribution in [0.15, 0.2) is 12.7 Å². The number of hydrogen-bond acceptors (Lipinski definition) is 1. The van der Waals surface area contributed by atoms with Crippen molar-refractivity contribution in [2.45, 2.75) is 44.9 Å². The fourth-order valence-electron chi connectivity index (χ4n) is 1.90. The SMILES string of the molecule is C=CCCC(=O)CC1CCCC1. The molecule has 0 aromatic carbocycles. The molecule has 0 saturated heterocycles. The molecule has 0 unspecified atom stereocenters. The highest BCUT2D eigenvalue weighted by molar-refractivity contribution is 5.78. The number of rotatable bonds is 5. The zero-order chi connectivity index (χ0) is 8.81. The number of carbonyl (C=O) groups is 1. The van der Waals surface area contributed by atoms with Gasteiger partial charge < -0.3 is 0 Å². The summed E-state index contributed by atoms with van der Waals surface area (Å²) in [6.45, 7) is 3.61. The molecule has 0 amide bonds. The van der Waals surface area contributed by atoms with Crippen molar-refractivity contribution in [1.29, 1.82) is 0 Å². The second-order valence-electron chi connectivity index (χ2n) is 3.72. The Bertz CT molecular complexity index is 154. The van der Waals surface area contributed by atoms with Crippen LogP contribution in [-0.2, 0) is 4.79 Å². The molecule has 0 radical (unpaired) electrons. The smallest absolute Gasteiger partial charge is 0.133 e. The van der Waals surface area contributed by atoms with Crippen LogP contribution in [0.5, 0.6) is 0 Å². The van der Waals surface area contributed by atoms with Crippen molar-refractivity contribution in [3.05, 3.63) is 12.7 Å². The maximum absolute atomic E-state index is 11.3. The van der Waals surface area contributed by atoms with Crippen LogP contribution < -0.4 is 0 Å². The van der Waals surface area contributed by atoms with E-state index in [2.05, 4.69) is 6.58 Å². The van der Waals surface area contributed by atoms with E-state index >= 15 is 0 Å². The van der Waals surface area contributed by atoms with Gasteiger partial charge in [0.2, 0.25) is 0 Å². The van der Waals surface area contributed by atoms with Gasteiger partial charge in [0.25, 0.3) is 0 Å². The molecule has 0 heterocycles. The number of hydrogen-bond donors (Lipinski definition) is 0. The summed E-state index contributed by atoms with van der Waals surface area (Å²) in [6.07, 6.45) is 9.43. The zero-order valence-corrected chi connectivity index (χ0v) is 7.72. The van der Waals surface area contributed by atoms with E-state index in [0.29, 0.717) is 18.1 Å². The van der Waals surface area contributed by atoms with Crippen molar-refractivity contribution in [3.63, 3.8) is 0 Å². The van der Waals surface area contributed by atoms with Crippen molar-refractivity contribution in [1.82, 2.24) is 0 Å². The maximum atomic E-state index is 11.3. The van der Waals surface area contributed by atoms with Crippen molar-refractivity contribution in [2.24, 2.45) is 5.92 Å². The van der Waals surface area contributed by atoms with Crippen LogP contribution in [0.4, 0.5) is 0 Å². The van der Waals surface area contributed by atoms with Gasteiger partial charge >= 0.3 is 0 Å². The summed E-state index contributed by atoms with van der Waals surface area (Å²) in [5, 5.41) is 0. The van der Waals surface area contributed by atoms with Gasteiger partial charge in [-0.25, -0.2) is 0 Å². The fourth-order valence-corrected chi connectivity index (χ4v) is 1.90. The molecule has 12 heavy (non-hydrogen) atoms. The molecule has 0 atom stereocenters. The third-order valence-corrected chi connectivity index (χ3v) is 2.62. The lowest BCUT2D eigenvalue weighted by atomic mass is 9.99. The van der Waals surface area contributed by atoms with Crippen molar-refractivity contribution in [3.8, 4) is 0 Å². The van der Waals surface area contributed by atoms with E-state index in [-0.39, 0.29) is 0 Å². The number of allylic oxidation sites excluding steroid dienone is 1. The highest BCUT2D eigenvalue weighted by Crippen LogP contribution is 2.28. The first kappa shape index (κ1) is 9.50. The van der Waals surface area contributed by atoms with Crippen molar-refractivity contribution >= 4 is 5.78 Å². The molecule has 1 heteroatoms. The fraction of sp³-hybridized carbons (Fsp3) is 0.727. The lowest BCUT2D eigenvalue weighted by Crippen LogP contribution is -2.04. The molecule has 1 rings (SSSR count). The molecule has 0 aliphatic heterocycles. The Kier molecular flexibility index (Phi) is 4.06. The van der Waals surface area contributed by atoms with Gasteiger partial charge in [0.1, 0.15) is 5.78 Å². The second-order valence-corrected chi connectivity index (χ2v) is 3.72. The van der Waals surface area contributed by atoms with Crippen LogP contribution in [0.25, 0.3) is 0 Å². The summed E-state index contributed by atoms with van der Waals surface area (Å²) in [6, 6.07) is 0. The Balaban J connectivity index is 2.11. The molecule has 0 aromatic rings. The van der Waals surface area contributed by atoms with Crippen LogP contribution in [0.2, 0.25) is 0 Å². The van der Waals surface area contributed by atoms with Gasteiger partial charge in [-0.15, -0.1) is 6.58 Å². The summed E-state index contributed by atoms with van der Waals surface area (Å²) >= 11 is 0. The van der Waals surface area contributed by atoms with Gasteiger partial charge in [0.15, 0.2) is 0 Å². The average Bonchev–Trinajstić information content (AvgIpc) is 2.53. The Morgan fingerprint density at radius 3 is 2.67 bits per heavy atom. The number of carbonyl (C=O) groups excluding carboxylic acids is 1. The minimum Gasteiger partial charge on any atom is -0.300 e. The largest absolute Gasteiger partial charge is 0.300 e. The first-order valence-electron chi connectivity index (χ1n) is 4.95. The van der Waals surface area contributed by atoms with Crippen molar-refractivity contribution in [2.75, 3.05) is 0 Å². The molecule has 0 bridgehead atoms. The molecule has 68 valence electrons. The predicted octanol–water partition coefficient (Wildman–Crippen LogP) is 3.10. The highest BCUT2D eigenvalue weighted by Gasteiger charge is 2.17. The lowest BCUT2D eigenvalue weighted by molar-refractivity contribution is -0.119. The molecule has 0 spiro atoms. The normalized spacial score (nSPS) is 18.0. The topological polar surface area (TPSA) is 17.1 Å². The standard InChI is InChI=1S/C11H18O/c1-2-3-8-11(12)9-10-6-4-5-7-10/h2,10H,1,3-9H2. The minimum absolute atomic E-state index is 0.432.